The Labute approximate surface area is 127 Å². The van der Waals surface area contributed by atoms with Crippen molar-refractivity contribution in [3.8, 4) is 0 Å². The van der Waals surface area contributed by atoms with Crippen molar-refractivity contribution in [1.82, 2.24) is 0 Å². The standard InChI is InChI=1S/C8H15IO.K.H/c9-7-5-3-1-2-4-6-8-10;;/h8H,1-7H2;;/q;+1;-1. The summed E-state index contributed by atoms with van der Waals surface area (Å²) in [6.07, 6.45) is 8.06. The Balaban J connectivity index is -0.000000405. The number of hydrogen-bond donors (Lipinski definition) is 0. The molecule has 0 unspecified atom stereocenters. The van der Waals surface area contributed by atoms with Crippen LogP contribution in [0.5, 0.6) is 0 Å². The number of rotatable bonds is 7. The summed E-state index contributed by atoms with van der Waals surface area (Å²) in [4.78, 5) is 9.89. The molecule has 11 heavy (non-hydrogen) atoms. The average Bonchev–Trinajstić information content (AvgIpc) is 1.97. The number of carbonyl (C=O) groups excluding carboxylic acids is 1. The topological polar surface area (TPSA) is 17.1 Å². The monoisotopic (exact) mass is 294 g/mol. The summed E-state index contributed by atoms with van der Waals surface area (Å²) < 4.78 is 1.27. The van der Waals surface area contributed by atoms with Gasteiger partial charge in [0.25, 0.3) is 0 Å². The van der Waals surface area contributed by atoms with Gasteiger partial charge in [0.05, 0.1) is 0 Å². The summed E-state index contributed by atoms with van der Waals surface area (Å²) in [6.45, 7) is 0. The van der Waals surface area contributed by atoms with Crippen molar-refractivity contribution in [3.63, 3.8) is 0 Å². The molecule has 62 valence electrons. The maximum Gasteiger partial charge on any atom is 1.00 e. The zero-order chi connectivity index (χ0) is 7.66. The van der Waals surface area contributed by atoms with Gasteiger partial charge >= 0.3 is 51.4 Å². The van der Waals surface area contributed by atoms with E-state index in [-0.39, 0.29) is 52.8 Å². The van der Waals surface area contributed by atoms with Gasteiger partial charge in [0.15, 0.2) is 0 Å². The van der Waals surface area contributed by atoms with E-state index in [2.05, 4.69) is 22.6 Å². The van der Waals surface area contributed by atoms with E-state index >= 15 is 0 Å². The van der Waals surface area contributed by atoms with Gasteiger partial charge in [-0.25, -0.2) is 0 Å². The Morgan fingerprint density at radius 3 is 2.18 bits per heavy atom. The molecule has 0 atom stereocenters. The molecule has 0 aliphatic heterocycles. The zero-order valence-corrected chi connectivity index (χ0v) is 12.6. The van der Waals surface area contributed by atoms with Crippen molar-refractivity contribution < 1.29 is 57.6 Å². The zero-order valence-electron chi connectivity index (χ0n) is 8.31. The van der Waals surface area contributed by atoms with E-state index in [0.717, 1.165) is 19.1 Å². The number of halogens is 1. The van der Waals surface area contributed by atoms with Gasteiger partial charge in [-0.1, -0.05) is 41.9 Å². The van der Waals surface area contributed by atoms with E-state index in [4.69, 9.17) is 0 Å². The molecule has 0 saturated heterocycles. The predicted molar refractivity (Wildman–Crippen MR) is 53.8 cm³/mol. The number of unbranched alkanes of at least 4 members (excludes halogenated alkanes) is 5. The van der Waals surface area contributed by atoms with Gasteiger partial charge in [-0.3, -0.25) is 0 Å². The van der Waals surface area contributed by atoms with Crippen molar-refractivity contribution >= 4 is 28.9 Å². The van der Waals surface area contributed by atoms with Crippen LogP contribution < -0.4 is 51.4 Å². The summed E-state index contributed by atoms with van der Waals surface area (Å²) in [5.41, 5.74) is 0. The van der Waals surface area contributed by atoms with E-state index in [9.17, 15) is 4.79 Å². The van der Waals surface area contributed by atoms with Crippen LogP contribution in [0.1, 0.15) is 40.0 Å². The molecule has 3 heteroatoms. The molecular formula is C8H16IKO. The third-order valence-electron chi connectivity index (χ3n) is 1.46. The van der Waals surface area contributed by atoms with Crippen LogP contribution in [-0.4, -0.2) is 10.7 Å². The second kappa shape index (κ2) is 14.6. The van der Waals surface area contributed by atoms with Crippen LogP contribution in [0.25, 0.3) is 0 Å². The van der Waals surface area contributed by atoms with E-state index in [1.807, 2.05) is 0 Å². The van der Waals surface area contributed by atoms with Crippen molar-refractivity contribution in [2.24, 2.45) is 0 Å². The van der Waals surface area contributed by atoms with E-state index in [0.29, 0.717) is 0 Å². The van der Waals surface area contributed by atoms with Gasteiger partial charge in [0.2, 0.25) is 0 Å². The molecule has 0 aliphatic rings. The second-order valence-corrected chi connectivity index (χ2v) is 3.49. The fraction of sp³-hybridized carbons (Fsp3) is 0.875. The van der Waals surface area contributed by atoms with Gasteiger partial charge in [-0.2, -0.15) is 0 Å². The third-order valence-corrected chi connectivity index (χ3v) is 2.22. The fourth-order valence-corrected chi connectivity index (χ4v) is 1.39. The van der Waals surface area contributed by atoms with Crippen molar-refractivity contribution in [2.75, 3.05) is 4.43 Å². The molecule has 0 rings (SSSR count). The van der Waals surface area contributed by atoms with Crippen LogP contribution in [0.4, 0.5) is 0 Å². The summed E-state index contributed by atoms with van der Waals surface area (Å²) >= 11 is 2.40. The number of alkyl halides is 1. The van der Waals surface area contributed by atoms with Gasteiger partial charge < -0.3 is 6.22 Å². The first-order valence-electron chi connectivity index (χ1n) is 3.91. The molecule has 0 aliphatic carbocycles. The van der Waals surface area contributed by atoms with Crippen molar-refractivity contribution in [1.29, 1.82) is 0 Å². The van der Waals surface area contributed by atoms with Gasteiger partial charge in [0.1, 0.15) is 6.29 Å². The molecule has 0 aromatic heterocycles. The van der Waals surface area contributed by atoms with Crippen molar-refractivity contribution in [3.05, 3.63) is 0 Å². The smallest absolute Gasteiger partial charge is 1.00 e. The molecule has 0 saturated carbocycles. The summed E-state index contributed by atoms with van der Waals surface area (Å²) in [5, 5.41) is 0. The summed E-state index contributed by atoms with van der Waals surface area (Å²) in [5.74, 6) is 0. The van der Waals surface area contributed by atoms with E-state index in [1.165, 1.54) is 30.1 Å². The summed E-state index contributed by atoms with van der Waals surface area (Å²) in [7, 11) is 0. The van der Waals surface area contributed by atoms with Crippen LogP contribution in [-0.2, 0) is 4.79 Å². The number of hydrogen-bond acceptors (Lipinski definition) is 1. The largest absolute Gasteiger partial charge is 1.00 e. The normalized spacial score (nSPS) is 8.82. The molecule has 1 nitrogen and oxygen atoms in total. The van der Waals surface area contributed by atoms with Crippen LogP contribution in [0.3, 0.4) is 0 Å². The summed E-state index contributed by atoms with van der Waals surface area (Å²) in [6, 6.07) is 0. The predicted octanol–water partition coefficient (Wildman–Crippen LogP) is 0.0774. The molecule has 0 amide bonds. The van der Waals surface area contributed by atoms with Crippen LogP contribution >= 0.6 is 22.6 Å². The van der Waals surface area contributed by atoms with Gasteiger partial charge in [-0.05, 0) is 17.3 Å². The molecule has 0 aromatic carbocycles. The minimum atomic E-state index is 0. The maximum atomic E-state index is 9.89. The molecular weight excluding hydrogens is 278 g/mol. The molecule has 0 spiro atoms. The first-order valence-corrected chi connectivity index (χ1v) is 5.44. The van der Waals surface area contributed by atoms with Crippen LogP contribution in [0.2, 0.25) is 0 Å². The van der Waals surface area contributed by atoms with Crippen LogP contribution in [0, 0.1) is 0 Å². The van der Waals surface area contributed by atoms with Gasteiger partial charge in [0, 0.05) is 6.42 Å². The molecule has 0 heterocycles. The quantitative estimate of drug-likeness (QED) is 0.214. The third kappa shape index (κ3) is 14.8. The second-order valence-electron chi connectivity index (χ2n) is 2.41. The Morgan fingerprint density at radius 2 is 1.64 bits per heavy atom. The number of aldehydes is 1. The molecule has 0 fully saturated rings. The van der Waals surface area contributed by atoms with Crippen molar-refractivity contribution in [2.45, 2.75) is 38.5 Å². The number of carbonyl (C=O) groups is 1. The fourth-order valence-electron chi connectivity index (χ4n) is 0.852. The Morgan fingerprint density at radius 1 is 1.09 bits per heavy atom. The van der Waals surface area contributed by atoms with Gasteiger partial charge in [-0.15, -0.1) is 0 Å². The molecule has 0 aromatic rings. The minimum Gasteiger partial charge on any atom is -1.00 e. The Hall–Kier alpha value is 2.04. The first-order chi connectivity index (χ1) is 4.91. The van der Waals surface area contributed by atoms with E-state index < -0.39 is 0 Å². The Bertz CT molecular complexity index is 83.5. The first kappa shape index (κ1) is 15.5. The van der Waals surface area contributed by atoms with E-state index in [1.54, 1.807) is 0 Å². The molecule has 0 N–H and O–H groups in total. The average molecular weight is 294 g/mol. The maximum absolute atomic E-state index is 9.89. The minimum absolute atomic E-state index is 0. The SMILES string of the molecule is O=CCCCCCCCI.[H-].[K+]. The Kier molecular flexibility index (Phi) is 20.5. The van der Waals surface area contributed by atoms with Crippen LogP contribution in [0.15, 0.2) is 0 Å². The molecule has 0 radical (unpaired) electrons. The molecule has 0 bridgehead atoms.